The SMILES string of the molecule is CC(C)CCCCn1nncc1CC(C)C. The van der Waals surface area contributed by atoms with E-state index in [4.69, 9.17) is 0 Å². The van der Waals surface area contributed by atoms with Gasteiger partial charge in [-0.2, -0.15) is 0 Å². The molecule has 3 nitrogen and oxygen atoms in total. The van der Waals surface area contributed by atoms with Gasteiger partial charge in [-0.3, -0.25) is 0 Å². The van der Waals surface area contributed by atoms with Crippen LogP contribution >= 0.6 is 0 Å². The molecule has 1 aromatic rings. The molecule has 1 heterocycles. The standard InChI is InChI=1S/C13H25N3/c1-11(2)7-5-6-8-16-13(9-12(3)4)10-14-15-16/h10-12H,5-9H2,1-4H3. The smallest absolute Gasteiger partial charge is 0.0725 e. The van der Waals surface area contributed by atoms with Gasteiger partial charge in [-0.1, -0.05) is 45.7 Å². The van der Waals surface area contributed by atoms with E-state index >= 15 is 0 Å². The van der Waals surface area contributed by atoms with Crippen molar-refractivity contribution in [1.82, 2.24) is 15.0 Å². The maximum absolute atomic E-state index is 4.15. The molecule has 0 aromatic carbocycles. The second-order valence-electron chi connectivity index (χ2n) is 5.44. The molecule has 0 spiro atoms. The Kier molecular flexibility index (Phi) is 5.50. The van der Waals surface area contributed by atoms with Gasteiger partial charge in [0.2, 0.25) is 0 Å². The lowest BCUT2D eigenvalue weighted by Gasteiger charge is -2.08. The van der Waals surface area contributed by atoms with Crippen LogP contribution in [0.25, 0.3) is 0 Å². The van der Waals surface area contributed by atoms with Crippen molar-refractivity contribution in [3.8, 4) is 0 Å². The molecule has 0 fully saturated rings. The molecule has 92 valence electrons. The third-order valence-corrected chi connectivity index (χ3v) is 2.72. The fourth-order valence-electron chi connectivity index (χ4n) is 1.86. The Morgan fingerprint density at radius 1 is 1.12 bits per heavy atom. The topological polar surface area (TPSA) is 30.7 Å². The zero-order valence-corrected chi connectivity index (χ0v) is 11.1. The Balaban J connectivity index is 2.33. The summed E-state index contributed by atoms with van der Waals surface area (Å²) in [5, 5.41) is 8.15. The van der Waals surface area contributed by atoms with E-state index in [1.54, 1.807) is 0 Å². The molecule has 0 atom stereocenters. The van der Waals surface area contributed by atoms with Crippen molar-refractivity contribution in [2.45, 2.75) is 59.9 Å². The minimum atomic E-state index is 0.674. The van der Waals surface area contributed by atoms with Gasteiger partial charge in [-0.05, 0) is 24.7 Å². The quantitative estimate of drug-likeness (QED) is 0.664. The summed E-state index contributed by atoms with van der Waals surface area (Å²) in [6.07, 6.45) is 6.80. The van der Waals surface area contributed by atoms with E-state index in [0.29, 0.717) is 5.92 Å². The van der Waals surface area contributed by atoms with E-state index in [-0.39, 0.29) is 0 Å². The van der Waals surface area contributed by atoms with Crippen LogP contribution in [0.15, 0.2) is 6.20 Å². The summed E-state index contributed by atoms with van der Waals surface area (Å²) in [5.41, 5.74) is 1.28. The summed E-state index contributed by atoms with van der Waals surface area (Å²) < 4.78 is 2.07. The van der Waals surface area contributed by atoms with Crippen LogP contribution in [-0.4, -0.2) is 15.0 Å². The van der Waals surface area contributed by atoms with Gasteiger partial charge in [-0.15, -0.1) is 5.10 Å². The van der Waals surface area contributed by atoms with Crippen molar-refractivity contribution >= 4 is 0 Å². The van der Waals surface area contributed by atoms with Crippen LogP contribution in [0.5, 0.6) is 0 Å². The van der Waals surface area contributed by atoms with Gasteiger partial charge in [0.15, 0.2) is 0 Å². The summed E-state index contributed by atoms with van der Waals surface area (Å²) in [6.45, 7) is 10.0. The highest BCUT2D eigenvalue weighted by molar-refractivity contribution is 4.94. The number of aromatic nitrogens is 3. The predicted octanol–water partition coefficient (Wildman–Crippen LogP) is 3.30. The molecule has 0 saturated heterocycles. The van der Waals surface area contributed by atoms with Crippen molar-refractivity contribution < 1.29 is 0 Å². The Labute approximate surface area is 99.2 Å². The predicted molar refractivity (Wildman–Crippen MR) is 67.3 cm³/mol. The Bertz CT molecular complexity index is 289. The summed E-state index contributed by atoms with van der Waals surface area (Å²) in [5.74, 6) is 1.48. The lowest BCUT2D eigenvalue weighted by atomic mass is 10.1. The van der Waals surface area contributed by atoms with Gasteiger partial charge >= 0.3 is 0 Å². The first-order chi connectivity index (χ1) is 7.59. The molecule has 0 bridgehead atoms. The lowest BCUT2D eigenvalue weighted by molar-refractivity contribution is 0.469. The van der Waals surface area contributed by atoms with E-state index in [9.17, 15) is 0 Å². The van der Waals surface area contributed by atoms with Crippen LogP contribution in [0.3, 0.4) is 0 Å². The van der Waals surface area contributed by atoms with Crippen LogP contribution in [0.4, 0.5) is 0 Å². The Morgan fingerprint density at radius 2 is 1.88 bits per heavy atom. The summed E-state index contributed by atoms with van der Waals surface area (Å²) in [4.78, 5) is 0. The summed E-state index contributed by atoms with van der Waals surface area (Å²) in [6, 6.07) is 0. The average molecular weight is 223 g/mol. The molecular weight excluding hydrogens is 198 g/mol. The minimum absolute atomic E-state index is 0.674. The number of hydrogen-bond donors (Lipinski definition) is 0. The van der Waals surface area contributed by atoms with Crippen molar-refractivity contribution in [1.29, 1.82) is 0 Å². The zero-order chi connectivity index (χ0) is 12.0. The number of nitrogens with zero attached hydrogens (tertiary/aromatic N) is 3. The highest BCUT2D eigenvalue weighted by atomic mass is 15.4. The summed E-state index contributed by atoms with van der Waals surface area (Å²) >= 11 is 0. The fraction of sp³-hybridized carbons (Fsp3) is 0.846. The molecule has 16 heavy (non-hydrogen) atoms. The minimum Gasteiger partial charge on any atom is -0.249 e. The van der Waals surface area contributed by atoms with Crippen LogP contribution in [0.1, 0.15) is 52.7 Å². The first kappa shape index (κ1) is 13.2. The van der Waals surface area contributed by atoms with Gasteiger partial charge in [-0.25, -0.2) is 4.68 Å². The fourth-order valence-corrected chi connectivity index (χ4v) is 1.86. The van der Waals surface area contributed by atoms with Crippen LogP contribution in [0.2, 0.25) is 0 Å². The molecule has 0 N–H and O–H groups in total. The van der Waals surface area contributed by atoms with Crippen molar-refractivity contribution in [2.24, 2.45) is 11.8 Å². The van der Waals surface area contributed by atoms with E-state index in [1.807, 2.05) is 6.20 Å². The highest BCUT2D eigenvalue weighted by Crippen LogP contribution is 2.10. The third kappa shape index (κ3) is 4.77. The number of aryl methyl sites for hydroxylation is 1. The lowest BCUT2D eigenvalue weighted by Crippen LogP contribution is -2.08. The maximum atomic E-state index is 4.15. The zero-order valence-electron chi connectivity index (χ0n) is 11.1. The summed E-state index contributed by atoms with van der Waals surface area (Å²) in [7, 11) is 0. The molecule has 1 rings (SSSR count). The van der Waals surface area contributed by atoms with E-state index in [0.717, 1.165) is 18.9 Å². The van der Waals surface area contributed by atoms with Gasteiger partial charge in [0, 0.05) is 6.54 Å². The first-order valence-electron chi connectivity index (χ1n) is 6.47. The third-order valence-electron chi connectivity index (χ3n) is 2.72. The molecule has 0 aliphatic rings. The second kappa shape index (κ2) is 6.66. The van der Waals surface area contributed by atoms with E-state index in [2.05, 4.69) is 42.7 Å². The molecule has 0 aliphatic carbocycles. The second-order valence-corrected chi connectivity index (χ2v) is 5.44. The highest BCUT2D eigenvalue weighted by Gasteiger charge is 2.05. The van der Waals surface area contributed by atoms with Crippen molar-refractivity contribution in [3.63, 3.8) is 0 Å². The maximum Gasteiger partial charge on any atom is 0.0725 e. The number of rotatable bonds is 7. The van der Waals surface area contributed by atoms with E-state index in [1.165, 1.54) is 25.0 Å². The van der Waals surface area contributed by atoms with E-state index < -0.39 is 0 Å². The number of unbranched alkanes of at least 4 members (excludes halogenated alkanes) is 1. The monoisotopic (exact) mass is 223 g/mol. The largest absolute Gasteiger partial charge is 0.249 e. The van der Waals surface area contributed by atoms with Crippen molar-refractivity contribution in [2.75, 3.05) is 0 Å². The molecular formula is C13H25N3. The Hall–Kier alpha value is -0.860. The average Bonchev–Trinajstić information content (AvgIpc) is 2.59. The number of hydrogen-bond acceptors (Lipinski definition) is 2. The molecule has 0 aliphatic heterocycles. The molecule has 1 aromatic heterocycles. The van der Waals surface area contributed by atoms with Gasteiger partial charge in [0.25, 0.3) is 0 Å². The Morgan fingerprint density at radius 3 is 2.50 bits per heavy atom. The van der Waals surface area contributed by atoms with Crippen molar-refractivity contribution in [3.05, 3.63) is 11.9 Å². The first-order valence-corrected chi connectivity index (χ1v) is 6.47. The van der Waals surface area contributed by atoms with Crippen LogP contribution in [0, 0.1) is 11.8 Å². The van der Waals surface area contributed by atoms with Gasteiger partial charge in [0.1, 0.15) is 0 Å². The normalized spacial score (nSPS) is 11.6. The van der Waals surface area contributed by atoms with Gasteiger partial charge in [0.05, 0.1) is 11.9 Å². The van der Waals surface area contributed by atoms with Crippen LogP contribution < -0.4 is 0 Å². The molecule has 0 radical (unpaired) electrons. The molecule has 3 heteroatoms. The van der Waals surface area contributed by atoms with Crippen LogP contribution in [-0.2, 0) is 13.0 Å². The molecule has 0 unspecified atom stereocenters. The molecule has 0 amide bonds. The van der Waals surface area contributed by atoms with Gasteiger partial charge < -0.3 is 0 Å². The molecule has 0 saturated carbocycles.